The molecular weight excluding hydrogens is 130 g/mol. The monoisotopic (exact) mass is 141 g/mol. The van der Waals surface area contributed by atoms with E-state index in [9.17, 15) is 4.79 Å². The molecule has 0 aromatic heterocycles. The summed E-state index contributed by atoms with van der Waals surface area (Å²) in [5.41, 5.74) is 0.143. The van der Waals surface area contributed by atoms with Gasteiger partial charge >= 0.3 is 5.97 Å². The fourth-order valence-electron chi connectivity index (χ4n) is 0.372. The van der Waals surface area contributed by atoms with E-state index in [0.29, 0.717) is 0 Å². The summed E-state index contributed by atoms with van der Waals surface area (Å²) in [6.45, 7) is 5.32. The molecule has 0 aliphatic carbocycles. The first-order chi connectivity index (χ1) is 4.72. The third kappa shape index (κ3) is 3.02. The molecule has 0 amide bonds. The van der Waals surface area contributed by atoms with E-state index < -0.39 is 5.97 Å². The smallest absolute Gasteiger partial charge is 0.355 e. The molecule has 0 radical (unpaired) electrons. The van der Waals surface area contributed by atoms with Crippen molar-refractivity contribution in [2.45, 2.75) is 13.3 Å². The highest BCUT2D eigenvalue weighted by molar-refractivity contribution is 5.88. The standard InChI is InChI=1S/C7H11NO2/c1-4-5-8-6(2)7(9)10-3/h5H,2,4H2,1,3H3. The van der Waals surface area contributed by atoms with Crippen molar-refractivity contribution < 1.29 is 9.53 Å². The van der Waals surface area contributed by atoms with Crippen LogP contribution in [0.2, 0.25) is 0 Å². The zero-order valence-corrected chi connectivity index (χ0v) is 6.26. The minimum atomic E-state index is -0.482. The summed E-state index contributed by atoms with van der Waals surface area (Å²) in [6.07, 6.45) is 2.40. The van der Waals surface area contributed by atoms with E-state index in [1.165, 1.54) is 7.11 Å². The molecule has 0 saturated carbocycles. The van der Waals surface area contributed by atoms with Gasteiger partial charge in [-0.25, -0.2) is 4.79 Å². The zero-order valence-electron chi connectivity index (χ0n) is 6.26. The summed E-state index contributed by atoms with van der Waals surface area (Å²) < 4.78 is 4.36. The van der Waals surface area contributed by atoms with Crippen LogP contribution in [0.5, 0.6) is 0 Å². The number of hydrogen-bond donors (Lipinski definition) is 0. The maximum absolute atomic E-state index is 10.6. The van der Waals surface area contributed by atoms with Crippen molar-refractivity contribution in [3.8, 4) is 0 Å². The van der Waals surface area contributed by atoms with Crippen LogP contribution in [0, 0.1) is 0 Å². The number of esters is 1. The first-order valence-electron chi connectivity index (χ1n) is 3.02. The van der Waals surface area contributed by atoms with Crippen LogP contribution in [0.4, 0.5) is 0 Å². The van der Waals surface area contributed by atoms with Crippen LogP contribution < -0.4 is 0 Å². The maximum Gasteiger partial charge on any atom is 0.355 e. The Morgan fingerprint density at radius 1 is 1.80 bits per heavy atom. The van der Waals surface area contributed by atoms with Gasteiger partial charge < -0.3 is 4.74 Å². The number of carbonyl (C=O) groups excluding carboxylic acids is 1. The predicted molar refractivity (Wildman–Crippen MR) is 39.9 cm³/mol. The van der Waals surface area contributed by atoms with Crippen molar-refractivity contribution >= 4 is 12.2 Å². The summed E-state index contributed by atoms with van der Waals surface area (Å²) in [5, 5.41) is 0. The Labute approximate surface area is 60.4 Å². The van der Waals surface area contributed by atoms with Crippen LogP contribution in [0.15, 0.2) is 17.3 Å². The molecule has 0 aromatic rings. The second-order valence-electron chi connectivity index (χ2n) is 1.66. The van der Waals surface area contributed by atoms with Crippen molar-refractivity contribution in [2.24, 2.45) is 4.99 Å². The first kappa shape index (κ1) is 8.88. The molecule has 10 heavy (non-hydrogen) atoms. The average Bonchev–Trinajstić information content (AvgIpc) is 1.98. The molecule has 0 rings (SSSR count). The summed E-state index contributed by atoms with van der Waals surface area (Å²) in [7, 11) is 1.30. The van der Waals surface area contributed by atoms with Crippen LogP contribution in [0.3, 0.4) is 0 Å². The van der Waals surface area contributed by atoms with E-state index in [2.05, 4.69) is 16.3 Å². The lowest BCUT2D eigenvalue weighted by Crippen LogP contribution is -2.01. The Morgan fingerprint density at radius 2 is 2.40 bits per heavy atom. The van der Waals surface area contributed by atoms with E-state index in [1.807, 2.05) is 6.92 Å². The van der Waals surface area contributed by atoms with E-state index in [1.54, 1.807) is 6.21 Å². The predicted octanol–water partition coefficient (Wildman–Crippen LogP) is 1.15. The van der Waals surface area contributed by atoms with Crippen molar-refractivity contribution in [3.05, 3.63) is 12.3 Å². The fraction of sp³-hybridized carbons (Fsp3) is 0.429. The van der Waals surface area contributed by atoms with Gasteiger partial charge in [-0.15, -0.1) is 0 Å². The Morgan fingerprint density at radius 3 is 2.80 bits per heavy atom. The Hall–Kier alpha value is -1.12. The molecule has 56 valence electrons. The molecule has 0 N–H and O–H groups in total. The van der Waals surface area contributed by atoms with Gasteiger partial charge in [-0.05, 0) is 6.42 Å². The minimum Gasteiger partial charge on any atom is -0.464 e. The summed E-state index contributed by atoms with van der Waals surface area (Å²) in [6, 6.07) is 0. The lowest BCUT2D eigenvalue weighted by molar-refractivity contribution is -0.136. The quantitative estimate of drug-likeness (QED) is 0.336. The number of methoxy groups -OCH3 is 1. The number of aliphatic imine (C=N–C) groups is 1. The van der Waals surface area contributed by atoms with Gasteiger partial charge in [0.15, 0.2) is 0 Å². The van der Waals surface area contributed by atoms with Crippen LogP contribution >= 0.6 is 0 Å². The highest BCUT2D eigenvalue weighted by Crippen LogP contribution is 1.93. The van der Waals surface area contributed by atoms with Crippen LogP contribution in [0.1, 0.15) is 13.3 Å². The van der Waals surface area contributed by atoms with Gasteiger partial charge in [0.05, 0.1) is 7.11 Å². The summed E-state index contributed by atoms with van der Waals surface area (Å²) in [5.74, 6) is -0.482. The highest BCUT2D eigenvalue weighted by atomic mass is 16.5. The second kappa shape index (κ2) is 4.73. The number of ether oxygens (including phenoxy) is 1. The summed E-state index contributed by atoms with van der Waals surface area (Å²) >= 11 is 0. The van der Waals surface area contributed by atoms with Crippen molar-refractivity contribution in [1.82, 2.24) is 0 Å². The third-order valence-corrected chi connectivity index (χ3v) is 0.851. The van der Waals surface area contributed by atoms with Gasteiger partial charge in [-0.2, -0.15) is 0 Å². The minimum absolute atomic E-state index is 0.143. The molecule has 0 atom stereocenters. The van der Waals surface area contributed by atoms with E-state index >= 15 is 0 Å². The van der Waals surface area contributed by atoms with E-state index in [0.717, 1.165) is 6.42 Å². The zero-order chi connectivity index (χ0) is 7.98. The van der Waals surface area contributed by atoms with Crippen LogP contribution in [-0.2, 0) is 9.53 Å². The molecule has 0 aliphatic heterocycles. The van der Waals surface area contributed by atoms with Gasteiger partial charge in [0.25, 0.3) is 0 Å². The molecule has 0 fully saturated rings. The van der Waals surface area contributed by atoms with Gasteiger partial charge in [0.2, 0.25) is 0 Å². The summed E-state index contributed by atoms with van der Waals surface area (Å²) in [4.78, 5) is 14.3. The number of rotatable bonds is 3. The topological polar surface area (TPSA) is 38.7 Å². The molecule has 0 aromatic carbocycles. The van der Waals surface area contributed by atoms with Gasteiger partial charge in [0, 0.05) is 6.21 Å². The molecule has 0 aliphatic rings. The van der Waals surface area contributed by atoms with Crippen molar-refractivity contribution in [3.63, 3.8) is 0 Å². The fourth-order valence-corrected chi connectivity index (χ4v) is 0.372. The Bertz CT molecular complexity index is 161. The molecule has 3 heteroatoms. The lowest BCUT2D eigenvalue weighted by atomic mass is 10.5. The van der Waals surface area contributed by atoms with Gasteiger partial charge in [0.1, 0.15) is 5.70 Å². The number of carbonyl (C=O) groups is 1. The van der Waals surface area contributed by atoms with Crippen molar-refractivity contribution in [2.75, 3.05) is 7.11 Å². The largest absolute Gasteiger partial charge is 0.464 e. The number of hydrogen-bond acceptors (Lipinski definition) is 3. The lowest BCUT2D eigenvalue weighted by Gasteiger charge is -1.94. The molecule has 0 saturated heterocycles. The molecule has 0 heterocycles. The molecular formula is C7H11NO2. The van der Waals surface area contributed by atoms with Crippen molar-refractivity contribution in [1.29, 1.82) is 0 Å². The van der Waals surface area contributed by atoms with E-state index in [-0.39, 0.29) is 5.70 Å². The SMILES string of the molecule is C=C(N=CCC)C(=O)OC. The molecule has 0 bridgehead atoms. The Balaban J connectivity index is 3.85. The third-order valence-electron chi connectivity index (χ3n) is 0.851. The Kier molecular flexibility index (Phi) is 4.20. The van der Waals surface area contributed by atoms with Crippen LogP contribution in [0.25, 0.3) is 0 Å². The highest BCUT2D eigenvalue weighted by Gasteiger charge is 2.01. The maximum atomic E-state index is 10.6. The molecule has 3 nitrogen and oxygen atoms in total. The normalized spacial score (nSPS) is 9.80. The first-order valence-corrected chi connectivity index (χ1v) is 3.02. The molecule has 0 unspecified atom stereocenters. The second-order valence-corrected chi connectivity index (χ2v) is 1.66. The van der Waals surface area contributed by atoms with Gasteiger partial charge in [-0.1, -0.05) is 13.5 Å². The number of nitrogens with zero attached hydrogens (tertiary/aromatic N) is 1. The average molecular weight is 141 g/mol. The van der Waals surface area contributed by atoms with Crippen LogP contribution in [-0.4, -0.2) is 19.3 Å². The van der Waals surface area contributed by atoms with E-state index in [4.69, 9.17) is 0 Å². The van der Waals surface area contributed by atoms with Gasteiger partial charge in [-0.3, -0.25) is 4.99 Å². The molecule has 0 spiro atoms.